The molecule has 1 aliphatic rings. The summed E-state index contributed by atoms with van der Waals surface area (Å²) in [6.45, 7) is 4.84. The average Bonchev–Trinajstić information content (AvgIpc) is 2.54. The van der Waals surface area contributed by atoms with Crippen LogP contribution in [0, 0.1) is 6.92 Å². The lowest BCUT2D eigenvalue weighted by Gasteiger charge is -2.21. The molecule has 4 nitrogen and oxygen atoms in total. The molecule has 1 fully saturated rings. The minimum absolute atomic E-state index is 0.243. The van der Waals surface area contributed by atoms with Gasteiger partial charge < -0.3 is 15.1 Å². The topological polar surface area (TPSA) is 50.1 Å². The van der Waals surface area contributed by atoms with Crippen molar-refractivity contribution < 1.29 is 4.42 Å². The average molecular weight is 167 g/mol. The second kappa shape index (κ2) is 3.25. The van der Waals surface area contributed by atoms with Gasteiger partial charge in [0.2, 0.25) is 5.89 Å². The van der Waals surface area contributed by atoms with Crippen LogP contribution in [0.1, 0.15) is 17.6 Å². The molecule has 0 saturated carbocycles. The predicted octanol–water partition coefficient (Wildman–Crippen LogP) is 0.217. The van der Waals surface area contributed by atoms with Crippen molar-refractivity contribution in [1.82, 2.24) is 15.6 Å². The number of oxazole rings is 1. The maximum Gasteiger partial charge on any atom is 0.212 e. The fourth-order valence-corrected chi connectivity index (χ4v) is 1.36. The Morgan fingerprint density at radius 2 is 2.50 bits per heavy atom. The third-order valence-electron chi connectivity index (χ3n) is 1.98. The lowest BCUT2D eigenvalue weighted by atomic mass is 10.2. The van der Waals surface area contributed by atoms with E-state index >= 15 is 0 Å². The van der Waals surface area contributed by atoms with Crippen molar-refractivity contribution in [2.75, 3.05) is 19.6 Å². The summed E-state index contributed by atoms with van der Waals surface area (Å²) in [6, 6.07) is 0.243. The Bertz CT molecular complexity index is 253. The number of hydrogen-bond acceptors (Lipinski definition) is 4. The summed E-state index contributed by atoms with van der Waals surface area (Å²) in [4.78, 5) is 4.27. The zero-order chi connectivity index (χ0) is 8.39. The standard InChI is InChI=1S/C8H13N3O/c1-6-5-12-8(11-6)7-4-9-2-3-10-7/h5,7,9-10H,2-4H2,1H3. The van der Waals surface area contributed by atoms with Gasteiger partial charge in [0, 0.05) is 19.6 Å². The Kier molecular flexibility index (Phi) is 2.10. The van der Waals surface area contributed by atoms with Gasteiger partial charge in [-0.3, -0.25) is 0 Å². The highest BCUT2D eigenvalue weighted by molar-refractivity contribution is 4.99. The molecule has 0 radical (unpaired) electrons. The third-order valence-corrected chi connectivity index (χ3v) is 1.98. The molecule has 2 rings (SSSR count). The highest BCUT2D eigenvalue weighted by Gasteiger charge is 2.18. The molecule has 0 aromatic carbocycles. The molecule has 1 atom stereocenters. The second-order valence-electron chi connectivity index (χ2n) is 3.04. The molecular weight excluding hydrogens is 154 g/mol. The maximum absolute atomic E-state index is 5.29. The fraction of sp³-hybridized carbons (Fsp3) is 0.625. The summed E-state index contributed by atoms with van der Waals surface area (Å²) >= 11 is 0. The summed E-state index contributed by atoms with van der Waals surface area (Å²) in [5, 5.41) is 6.61. The highest BCUT2D eigenvalue weighted by Crippen LogP contribution is 2.12. The normalized spacial score (nSPS) is 24.2. The van der Waals surface area contributed by atoms with E-state index in [1.807, 2.05) is 6.92 Å². The van der Waals surface area contributed by atoms with Crippen LogP contribution in [0.2, 0.25) is 0 Å². The minimum Gasteiger partial charge on any atom is -0.447 e. The van der Waals surface area contributed by atoms with E-state index < -0.39 is 0 Å². The molecular formula is C8H13N3O. The van der Waals surface area contributed by atoms with Crippen LogP contribution in [0.3, 0.4) is 0 Å². The van der Waals surface area contributed by atoms with Crippen LogP contribution in [-0.4, -0.2) is 24.6 Å². The first kappa shape index (κ1) is 7.76. The SMILES string of the molecule is Cc1coc(C2CNCCN2)n1. The highest BCUT2D eigenvalue weighted by atomic mass is 16.3. The molecule has 1 aromatic heterocycles. The zero-order valence-electron chi connectivity index (χ0n) is 7.13. The van der Waals surface area contributed by atoms with Gasteiger partial charge in [-0.15, -0.1) is 0 Å². The van der Waals surface area contributed by atoms with Gasteiger partial charge in [-0.05, 0) is 6.92 Å². The quantitative estimate of drug-likeness (QED) is 0.628. The first-order chi connectivity index (χ1) is 5.86. The molecule has 1 aromatic rings. The van der Waals surface area contributed by atoms with Gasteiger partial charge in [0.05, 0.1) is 11.7 Å². The monoisotopic (exact) mass is 167 g/mol. The zero-order valence-corrected chi connectivity index (χ0v) is 7.13. The number of piperazine rings is 1. The lowest BCUT2D eigenvalue weighted by molar-refractivity contribution is 0.352. The number of hydrogen-bond donors (Lipinski definition) is 2. The van der Waals surface area contributed by atoms with Crippen molar-refractivity contribution in [2.45, 2.75) is 13.0 Å². The number of aromatic nitrogens is 1. The van der Waals surface area contributed by atoms with E-state index in [1.54, 1.807) is 6.26 Å². The first-order valence-corrected chi connectivity index (χ1v) is 4.22. The van der Waals surface area contributed by atoms with Crippen LogP contribution in [0.25, 0.3) is 0 Å². The third kappa shape index (κ3) is 1.49. The van der Waals surface area contributed by atoms with Crippen LogP contribution in [0.4, 0.5) is 0 Å². The van der Waals surface area contributed by atoms with Crippen molar-refractivity contribution in [2.24, 2.45) is 0 Å². The van der Waals surface area contributed by atoms with E-state index in [0.717, 1.165) is 31.2 Å². The van der Waals surface area contributed by atoms with Gasteiger partial charge in [0.15, 0.2) is 0 Å². The van der Waals surface area contributed by atoms with Gasteiger partial charge in [0.1, 0.15) is 6.26 Å². The van der Waals surface area contributed by atoms with Gasteiger partial charge >= 0.3 is 0 Å². The molecule has 1 aliphatic heterocycles. The van der Waals surface area contributed by atoms with Crippen LogP contribution >= 0.6 is 0 Å². The van der Waals surface area contributed by atoms with E-state index in [4.69, 9.17) is 4.42 Å². The van der Waals surface area contributed by atoms with Crippen LogP contribution < -0.4 is 10.6 Å². The summed E-state index contributed by atoms with van der Waals surface area (Å²) in [5.41, 5.74) is 0.942. The molecule has 2 N–H and O–H groups in total. The largest absolute Gasteiger partial charge is 0.447 e. The van der Waals surface area contributed by atoms with E-state index in [-0.39, 0.29) is 6.04 Å². The van der Waals surface area contributed by atoms with Crippen molar-refractivity contribution in [1.29, 1.82) is 0 Å². The smallest absolute Gasteiger partial charge is 0.212 e. The molecule has 4 heteroatoms. The Balaban J connectivity index is 2.08. The van der Waals surface area contributed by atoms with Crippen molar-refractivity contribution in [3.05, 3.63) is 17.8 Å². The first-order valence-electron chi connectivity index (χ1n) is 4.22. The van der Waals surface area contributed by atoms with Crippen molar-refractivity contribution >= 4 is 0 Å². The Morgan fingerprint density at radius 3 is 3.08 bits per heavy atom. The summed E-state index contributed by atoms with van der Waals surface area (Å²) in [5.74, 6) is 0.791. The Labute approximate surface area is 71.4 Å². The summed E-state index contributed by atoms with van der Waals surface area (Å²) in [6.07, 6.45) is 1.69. The van der Waals surface area contributed by atoms with E-state index in [2.05, 4.69) is 15.6 Å². The molecule has 1 saturated heterocycles. The van der Waals surface area contributed by atoms with Crippen LogP contribution in [0.5, 0.6) is 0 Å². The molecule has 12 heavy (non-hydrogen) atoms. The molecule has 66 valence electrons. The molecule has 0 amide bonds. The van der Waals surface area contributed by atoms with Gasteiger partial charge in [-0.1, -0.05) is 0 Å². The summed E-state index contributed by atoms with van der Waals surface area (Å²) < 4.78 is 5.29. The van der Waals surface area contributed by atoms with E-state index in [0.29, 0.717) is 0 Å². The predicted molar refractivity (Wildman–Crippen MR) is 44.9 cm³/mol. The Hall–Kier alpha value is -0.870. The number of rotatable bonds is 1. The molecule has 2 heterocycles. The number of nitrogens with zero attached hydrogens (tertiary/aromatic N) is 1. The van der Waals surface area contributed by atoms with Crippen molar-refractivity contribution in [3.8, 4) is 0 Å². The van der Waals surface area contributed by atoms with E-state index in [9.17, 15) is 0 Å². The Morgan fingerprint density at radius 1 is 1.58 bits per heavy atom. The fourth-order valence-electron chi connectivity index (χ4n) is 1.36. The molecule has 1 unspecified atom stereocenters. The minimum atomic E-state index is 0.243. The molecule has 0 aliphatic carbocycles. The van der Waals surface area contributed by atoms with Gasteiger partial charge in [-0.25, -0.2) is 4.98 Å². The maximum atomic E-state index is 5.29. The van der Waals surface area contributed by atoms with Crippen LogP contribution in [0.15, 0.2) is 10.7 Å². The van der Waals surface area contributed by atoms with Crippen molar-refractivity contribution in [3.63, 3.8) is 0 Å². The second-order valence-corrected chi connectivity index (χ2v) is 3.04. The lowest BCUT2D eigenvalue weighted by Crippen LogP contribution is -2.42. The van der Waals surface area contributed by atoms with Gasteiger partial charge in [0.25, 0.3) is 0 Å². The number of nitrogens with one attached hydrogen (secondary N) is 2. The number of aryl methyl sites for hydroxylation is 1. The van der Waals surface area contributed by atoms with Crippen LogP contribution in [-0.2, 0) is 0 Å². The molecule has 0 spiro atoms. The van der Waals surface area contributed by atoms with E-state index in [1.165, 1.54) is 0 Å². The molecule has 0 bridgehead atoms. The summed E-state index contributed by atoms with van der Waals surface area (Å²) in [7, 11) is 0. The van der Waals surface area contributed by atoms with Gasteiger partial charge in [-0.2, -0.15) is 0 Å².